The van der Waals surface area contributed by atoms with Gasteiger partial charge in [-0.2, -0.15) is 0 Å². The van der Waals surface area contributed by atoms with Crippen LogP contribution in [0.15, 0.2) is 11.5 Å². The van der Waals surface area contributed by atoms with Gasteiger partial charge in [0.15, 0.2) is 10.8 Å². The molecule has 2 aromatic heterocycles. The molecule has 0 aliphatic carbocycles. The lowest BCUT2D eigenvalue weighted by Crippen LogP contribution is -2.14. The van der Waals surface area contributed by atoms with Gasteiger partial charge in [0.1, 0.15) is 11.8 Å². The van der Waals surface area contributed by atoms with Crippen LogP contribution in [0.3, 0.4) is 0 Å². The first-order valence-electron chi connectivity index (χ1n) is 4.77. The van der Waals surface area contributed by atoms with Crippen molar-refractivity contribution in [2.75, 3.05) is 6.26 Å². The number of H-pyrrole nitrogens is 1. The van der Waals surface area contributed by atoms with Gasteiger partial charge >= 0.3 is 0 Å². The highest BCUT2D eigenvalue weighted by Gasteiger charge is 2.20. The van der Waals surface area contributed by atoms with E-state index in [1.807, 2.05) is 6.26 Å². The fourth-order valence-corrected chi connectivity index (χ4v) is 1.85. The summed E-state index contributed by atoms with van der Waals surface area (Å²) in [6.45, 7) is 6.40. The van der Waals surface area contributed by atoms with E-state index in [2.05, 4.69) is 40.7 Å². The van der Waals surface area contributed by atoms with E-state index in [-0.39, 0.29) is 5.41 Å². The molecule has 0 bridgehead atoms. The van der Waals surface area contributed by atoms with Crippen LogP contribution >= 0.6 is 11.8 Å². The molecule has 2 aromatic rings. The summed E-state index contributed by atoms with van der Waals surface area (Å²) >= 11 is 1.58. The number of imidazole rings is 1. The number of aromatic amines is 1. The van der Waals surface area contributed by atoms with Crippen molar-refractivity contribution >= 4 is 22.9 Å². The molecule has 0 spiro atoms. The first-order chi connectivity index (χ1) is 7.02. The SMILES string of the molecule is CSc1nc2ncnc(C(C)(C)C)c2[nH]1. The molecule has 80 valence electrons. The van der Waals surface area contributed by atoms with Gasteiger partial charge in [-0.15, -0.1) is 0 Å². The summed E-state index contributed by atoms with van der Waals surface area (Å²) in [4.78, 5) is 16.1. The first kappa shape index (κ1) is 10.4. The molecule has 0 fully saturated rings. The first-order valence-corrected chi connectivity index (χ1v) is 6.00. The third kappa shape index (κ3) is 1.84. The second-order valence-electron chi connectivity index (χ2n) is 4.42. The lowest BCUT2D eigenvalue weighted by atomic mass is 9.91. The molecule has 0 saturated carbocycles. The Morgan fingerprint density at radius 3 is 2.60 bits per heavy atom. The molecule has 0 aliphatic heterocycles. The van der Waals surface area contributed by atoms with Crippen LogP contribution in [0.4, 0.5) is 0 Å². The van der Waals surface area contributed by atoms with Crippen LogP contribution in [-0.4, -0.2) is 26.2 Å². The Morgan fingerprint density at radius 2 is 2.00 bits per heavy atom. The number of aromatic nitrogens is 4. The third-order valence-electron chi connectivity index (χ3n) is 2.17. The quantitative estimate of drug-likeness (QED) is 0.753. The molecule has 0 unspecified atom stereocenters. The minimum absolute atomic E-state index is 0.00337. The lowest BCUT2D eigenvalue weighted by Gasteiger charge is -2.17. The Kier molecular flexibility index (Phi) is 2.42. The highest BCUT2D eigenvalue weighted by Crippen LogP contribution is 2.26. The number of nitrogens with zero attached hydrogens (tertiary/aromatic N) is 3. The van der Waals surface area contributed by atoms with Gasteiger partial charge in [0.25, 0.3) is 0 Å². The number of hydrogen-bond donors (Lipinski definition) is 1. The van der Waals surface area contributed by atoms with E-state index in [9.17, 15) is 0 Å². The van der Waals surface area contributed by atoms with Gasteiger partial charge in [-0.25, -0.2) is 15.0 Å². The van der Waals surface area contributed by atoms with Crippen LogP contribution in [-0.2, 0) is 5.41 Å². The summed E-state index contributed by atoms with van der Waals surface area (Å²) in [7, 11) is 0. The van der Waals surface area contributed by atoms with Crippen molar-refractivity contribution in [3.05, 3.63) is 12.0 Å². The maximum atomic E-state index is 4.36. The van der Waals surface area contributed by atoms with Gasteiger partial charge in [-0.1, -0.05) is 32.5 Å². The second kappa shape index (κ2) is 3.48. The maximum Gasteiger partial charge on any atom is 0.182 e. The molecule has 0 amide bonds. The van der Waals surface area contributed by atoms with Crippen LogP contribution in [0, 0.1) is 0 Å². The molecule has 0 radical (unpaired) electrons. The molecule has 0 atom stereocenters. The van der Waals surface area contributed by atoms with Crippen LogP contribution in [0.1, 0.15) is 26.5 Å². The molecule has 2 rings (SSSR count). The van der Waals surface area contributed by atoms with Gasteiger partial charge in [0, 0.05) is 5.41 Å². The molecule has 1 N–H and O–H groups in total. The standard InChI is InChI=1S/C10H14N4S/c1-10(2,3)7-6-8(12-5-11-7)14-9(13-6)15-4/h5H,1-4H3,(H,11,12,13,14). The molecule has 4 nitrogen and oxygen atoms in total. The minimum Gasteiger partial charge on any atom is -0.330 e. The smallest absolute Gasteiger partial charge is 0.182 e. The van der Waals surface area contributed by atoms with Gasteiger partial charge in [0.05, 0.1) is 5.69 Å². The average molecular weight is 222 g/mol. The summed E-state index contributed by atoms with van der Waals surface area (Å²) in [5, 5.41) is 0.885. The zero-order chi connectivity index (χ0) is 11.1. The number of thioether (sulfide) groups is 1. The number of nitrogens with one attached hydrogen (secondary N) is 1. The van der Waals surface area contributed by atoms with Crippen molar-refractivity contribution < 1.29 is 0 Å². The maximum absolute atomic E-state index is 4.36. The number of fused-ring (bicyclic) bond motifs is 1. The van der Waals surface area contributed by atoms with E-state index >= 15 is 0 Å². The number of rotatable bonds is 1. The predicted molar refractivity (Wildman–Crippen MR) is 62.2 cm³/mol. The van der Waals surface area contributed by atoms with Crippen molar-refractivity contribution in [1.82, 2.24) is 19.9 Å². The van der Waals surface area contributed by atoms with Crippen LogP contribution in [0.5, 0.6) is 0 Å². The van der Waals surface area contributed by atoms with Crippen molar-refractivity contribution in [3.63, 3.8) is 0 Å². The van der Waals surface area contributed by atoms with Crippen molar-refractivity contribution in [3.8, 4) is 0 Å². The van der Waals surface area contributed by atoms with Crippen molar-refractivity contribution in [2.45, 2.75) is 31.3 Å². The van der Waals surface area contributed by atoms with E-state index in [1.54, 1.807) is 18.1 Å². The Labute approximate surface area is 92.9 Å². The summed E-state index contributed by atoms with van der Waals surface area (Å²) in [5.74, 6) is 0. The largest absolute Gasteiger partial charge is 0.330 e. The van der Waals surface area contributed by atoms with Gasteiger partial charge in [0.2, 0.25) is 0 Å². The monoisotopic (exact) mass is 222 g/mol. The molecule has 15 heavy (non-hydrogen) atoms. The Morgan fingerprint density at radius 1 is 1.27 bits per heavy atom. The van der Waals surface area contributed by atoms with E-state index in [0.29, 0.717) is 0 Å². The summed E-state index contributed by atoms with van der Waals surface area (Å²) in [6.07, 6.45) is 3.57. The highest BCUT2D eigenvalue weighted by atomic mass is 32.2. The molecule has 5 heteroatoms. The molecule has 0 aliphatic rings. The fraction of sp³-hybridized carbons (Fsp3) is 0.500. The second-order valence-corrected chi connectivity index (χ2v) is 5.21. The normalized spacial score (nSPS) is 12.3. The van der Waals surface area contributed by atoms with Crippen LogP contribution in [0.2, 0.25) is 0 Å². The topological polar surface area (TPSA) is 54.5 Å². The van der Waals surface area contributed by atoms with Crippen molar-refractivity contribution in [1.29, 1.82) is 0 Å². The highest BCUT2D eigenvalue weighted by molar-refractivity contribution is 7.98. The van der Waals surface area contributed by atoms with E-state index in [0.717, 1.165) is 22.0 Å². The van der Waals surface area contributed by atoms with Gasteiger partial charge in [-0.05, 0) is 6.26 Å². The minimum atomic E-state index is 0.00337. The third-order valence-corrected chi connectivity index (χ3v) is 2.75. The predicted octanol–water partition coefficient (Wildman–Crippen LogP) is 2.37. The lowest BCUT2D eigenvalue weighted by molar-refractivity contribution is 0.572. The van der Waals surface area contributed by atoms with Crippen LogP contribution in [0.25, 0.3) is 11.2 Å². The summed E-state index contributed by atoms with van der Waals surface area (Å²) < 4.78 is 0. The molecular formula is C10H14N4S. The van der Waals surface area contributed by atoms with Crippen LogP contribution < -0.4 is 0 Å². The van der Waals surface area contributed by atoms with Gasteiger partial charge in [-0.3, -0.25) is 0 Å². The van der Waals surface area contributed by atoms with Gasteiger partial charge < -0.3 is 4.98 Å². The molecular weight excluding hydrogens is 208 g/mol. The Bertz CT molecular complexity index is 484. The Balaban J connectivity index is 2.70. The van der Waals surface area contributed by atoms with Crippen molar-refractivity contribution in [2.24, 2.45) is 0 Å². The number of hydrogen-bond acceptors (Lipinski definition) is 4. The average Bonchev–Trinajstić information content (AvgIpc) is 2.57. The molecule has 2 heterocycles. The summed E-state index contributed by atoms with van der Waals surface area (Å²) in [6, 6.07) is 0. The zero-order valence-corrected chi connectivity index (χ0v) is 10.1. The van der Waals surface area contributed by atoms with E-state index in [4.69, 9.17) is 0 Å². The van der Waals surface area contributed by atoms with E-state index < -0.39 is 0 Å². The molecule has 0 aromatic carbocycles. The summed E-state index contributed by atoms with van der Waals surface area (Å²) in [5.41, 5.74) is 2.72. The van der Waals surface area contributed by atoms with E-state index in [1.165, 1.54) is 0 Å². The fourth-order valence-electron chi connectivity index (χ4n) is 1.47. The zero-order valence-electron chi connectivity index (χ0n) is 9.33. The Hall–Kier alpha value is -1.10. The molecule has 0 saturated heterocycles.